The second-order valence-corrected chi connectivity index (χ2v) is 8.02. The number of imide groups is 1. The maximum atomic E-state index is 12.6. The Morgan fingerprint density at radius 3 is 2.58 bits per heavy atom. The first-order valence-corrected chi connectivity index (χ1v) is 9.54. The highest BCUT2D eigenvalue weighted by molar-refractivity contribution is 14.1. The summed E-state index contributed by atoms with van der Waals surface area (Å²) >= 11 is 15.1. The zero-order valence-corrected chi connectivity index (χ0v) is 16.6. The lowest BCUT2D eigenvalue weighted by Crippen LogP contribution is -2.27. The smallest absolute Gasteiger partial charge is 0.268 e. The summed E-state index contributed by atoms with van der Waals surface area (Å²) in [7, 11) is 0. The molecule has 1 saturated heterocycles. The van der Waals surface area contributed by atoms with Gasteiger partial charge in [-0.2, -0.15) is 0 Å². The molecule has 2 aromatic rings. The van der Waals surface area contributed by atoms with Crippen LogP contribution in [0.3, 0.4) is 0 Å². The van der Waals surface area contributed by atoms with Gasteiger partial charge in [-0.1, -0.05) is 47.5 Å². The van der Waals surface area contributed by atoms with E-state index in [2.05, 4.69) is 22.6 Å². The molecule has 1 heterocycles. The molecule has 2 amide bonds. The van der Waals surface area contributed by atoms with Crippen LogP contribution >= 0.6 is 57.6 Å². The van der Waals surface area contributed by atoms with E-state index in [-0.39, 0.29) is 17.7 Å². The Bertz CT molecular complexity index is 869. The summed E-state index contributed by atoms with van der Waals surface area (Å²) in [4.78, 5) is 26.4. The van der Waals surface area contributed by atoms with Gasteiger partial charge in [-0.3, -0.25) is 14.5 Å². The molecule has 122 valence electrons. The van der Waals surface area contributed by atoms with Gasteiger partial charge in [-0.25, -0.2) is 0 Å². The molecule has 0 aromatic heterocycles. The SMILES string of the molecule is O=C1S/C(=C\c2ccccc2I)C(=O)N1Cc1ccc(Cl)cc1Cl. The van der Waals surface area contributed by atoms with Gasteiger partial charge in [0, 0.05) is 13.6 Å². The Labute approximate surface area is 167 Å². The molecule has 3 rings (SSSR count). The molecule has 0 N–H and O–H groups in total. The molecule has 0 unspecified atom stereocenters. The minimum atomic E-state index is -0.310. The number of halogens is 3. The van der Waals surface area contributed by atoms with Crippen LogP contribution in [0.5, 0.6) is 0 Å². The van der Waals surface area contributed by atoms with E-state index in [0.717, 1.165) is 20.9 Å². The Kier molecular flexibility index (Phi) is 5.54. The summed E-state index contributed by atoms with van der Waals surface area (Å²) in [5.74, 6) is -0.310. The zero-order chi connectivity index (χ0) is 17.3. The van der Waals surface area contributed by atoms with Crippen LogP contribution in [-0.2, 0) is 11.3 Å². The molecular formula is C17H10Cl2INO2S. The van der Waals surface area contributed by atoms with Crippen molar-refractivity contribution in [2.45, 2.75) is 6.54 Å². The molecule has 2 aromatic carbocycles. The fourth-order valence-corrected chi connectivity index (χ4v) is 4.03. The normalized spacial score (nSPS) is 16.3. The van der Waals surface area contributed by atoms with Crippen LogP contribution in [0.25, 0.3) is 6.08 Å². The highest BCUT2D eigenvalue weighted by Crippen LogP contribution is 2.35. The van der Waals surface area contributed by atoms with Gasteiger partial charge in [-0.05, 0) is 69.8 Å². The summed E-state index contributed by atoms with van der Waals surface area (Å²) in [5, 5.41) is 0.641. The van der Waals surface area contributed by atoms with E-state index in [1.807, 2.05) is 24.3 Å². The van der Waals surface area contributed by atoms with E-state index >= 15 is 0 Å². The highest BCUT2D eigenvalue weighted by Gasteiger charge is 2.35. The van der Waals surface area contributed by atoms with Crippen LogP contribution in [0.2, 0.25) is 10.0 Å². The first-order valence-electron chi connectivity index (χ1n) is 6.89. The lowest BCUT2D eigenvalue weighted by molar-refractivity contribution is -0.123. The molecule has 7 heteroatoms. The fraction of sp³-hybridized carbons (Fsp3) is 0.0588. The topological polar surface area (TPSA) is 37.4 Å². The molecule has 1 fully saturated rings. The van der Waals surface area contributed by atoms with Crippen LogP contribution in [0.1, 0.15) is 11.1 Å². The van der Waals surface area contributed by atoms with Gasteiger partial charge in [-0.15, -0.1) is 0 Å². The van der Waals surface area contributed by atoms with Gasteiger partial charge in [0.15, 0.2) is 0 Å². The number of hydrogen-bond donors (Lipinski definition) is 0. The van der Waals surface area contributed by atoms with Crippen LogP contribution in [0.15, 0.2) is 47.4 Å². The van der Waals surface area contributed by atoms with Crippen LogP contribution in [0, 0.1) is 3.57 Å². The van der Waals surface area contributed by atoms with Crippen molar-refractivity contribution in [3.05, 3.63) is 72.1 Å². The Hall–Kier alpha value is -1.02. The second kappa shape index (κ2) is 7.47. The number of hydrogen-bond acceptors (Lipinski definition) is 3. The first kappa shape index (κ1) is 17.8. The van der Waals surface area contributed by atoms with Gasteiger partial charge >= 0.3 is 0 Å². The van der Waals surface area contributed by atoms with E-state index in [0.29, 0.717) is 20.5 Å². The van der Waals surface area contributed by atoms with Crippen molar-refractivity contribution in [2.75, 3.05) is 0 Å². The number of nitrogens with zero attached hydrogens (tertiary/aromatic N) is 1. The molecule has 24 heavy (non-hydrogen) atoms. The Morgan fingerprint density at radius 2 is 1.88 bits per heavy atom. The highest BCUT2D eigenvalue weighted by atomic mass is 127. The third kappa shape index (κ3) is 3.79. The molecule has 0 radical (unpaired) electrons. The minimum absolute atomic E-state index is 0.129. The second-order valence-electron chi connectivity index (χ2n) is 5.03. The first-order chi connectivity index (χ1) is 11.5. The summed E-state index contributed by atoms with van der Waals surface area (Å²) < 4.78 is 1.02. The van der Waals surface area contributed by atoms with E-state index in [4.69, 9.17) is 23.2 Å². The number of thioether (sulfide) groups is 1. The summed E-state index contributed by atoms with van der Waals surface area (Å²) in [6, 6.07) is 12.7. The molecule has 0 atom stereocenters. The average Bonchev–Trinajstić information content (AvgIpc) is 2.79. The number of amides is 2. The van der Waals surface area contributed by atoms with Crippen molar-refractivity contribution >= 4 is 74.8 Å². The van der Waals surface area contributed by atoms with E-state index < -0.39 is 0 Å². The lowest BCUT2D eigenvalue weighted by atomic mass is 10.2. The standard InChI is InChI=1S/C17H10Cl2INO2S/c18-12-6-5-11(13(19)8-12)9-21-16(22)15(24-17(21)23)7-10-3-1-2-4-14(10)20/h1-8H,9H2/b15-7-. The fourth-order valence-electron chi connectivity index (χ4n) is 2.19. The van der Waals surface area contributed by atoms with Crippen molar-refractivity contribution < 1.29 is 9.59 Å². The van der Waals surface area contributed by atoms with Crippen molar-refractivity contribution in [2.24, 2.45) is 0 Å². The van der Waals surface area contributed by atoms with Crippen molar-refractivity contribution in [3.63, 3.8) is 0 Å². The largest absolute Gasteiger partial charge is 0.293 e. The predicted octanol–water partition coefficient (Wildman–Crippen LogP) is 5.83. The van der Waals surface area contributed by atoms with Crippen LogP contribution in [0.4, 0.5) is 4.79 Å². The van der Waals surface area contributed by atoms with E-state index in [1.165, 1.54) is 4.90 Å². The average molecular weight is 490 g/mol. The lowest BCUT2D eigenvalue weighted by Gasteiger charge is -2.13. The number of carbonyl (C=O) groups excluding carboxylic acids is 2. The molecule has 0 spiro atoms. The van der Waals surface area contributed by atoms with Gasteiger partial charge in [0.05, 0.1) is 11.4 Å². The van der Waals surface area contributed by atoms with E-state index in [9.17, 15) is 9.59 Å². The summed E-state index contributed by atoms with van der Waals surface area (Å²) in [6.07, 6.45) is 1.75. The van der Waals surface area contributed by atoms with E-state index in [1.54, 1.807) is 24.3 Å². The van der Waals surface area contributed by atoms with Crippen molar-refractivity contribution in [3.8, 4) is 0 Å². The Balaban J connectivity index is 1.85. The number of benzene rings is 2. The van der Waals surface area contributed by atoms with Gasteiger partial charge in [0.2, 0.25) is 0 Å². The van der Waals surface area contributed by atoms with Gasteiger partial charge in [0.1, 0.15) is 0 Å². The molecule has 1 aliphatic rings. The van der Waals surface area contributed by atoms with Gasteiger partial charge in [0.25, 0.3) is 11.1 Å². The third-order valence-corrected chi connectivity index (χ3v) is 5.89. The monoisotopic (exact) mass is 489 g/mol. The predicted molar refractivity (Wildman–Crippen MR) is 107 cm³/mol. The summed E-state index contributed by atoms with van der Waals surface area (Å²) in [6.45, 7) is 0.129. The molecular weight excluding hydrogens is 480 g/mol. The maximum Gasteiger partial charge on any atom is 0.293 e. The summed E-state index contributed by atoms with van der Waals surface area (Å²) in [5.41, 5.74) is 1.59. The quantitative estimate of drug-likeness (QED) is 0.401. The van der Waals surface area contributed by atoms with Gasteiger partial charge < -0.3 is 0 Å². The maximum absolute atomic E-state index is 12.6. The molecule has 0 bridgehead atoms. The van der Waals surface area contributed by atoms with Crippen LogP contribution in [-0.4, -0.2) is 16.0 Å². The molecule has 1 aliphatic heterocycles. The number of rotatable bonds is 3. The molecule has 0 aliphatic carbocycles. The minimum Gasteiger partial charge on any atom is -0.268 e. The Morgan fingerprint density at radius 1 is 1.12 bits per heavy atom. The van der Waals surface area contributed by atoms with Crippen molar-refractivity contribution in [1.29, 1.82) is 0 Å². The third-order valence-electron chi connectivity index (χ3n) is 3.41. The van der Waals surface area contributed by atoms with Crippen molar-refractivity contribution in [1.82, 2.24) is 4.90 Å². The molecule has 0 saturated carbocycles. The number of carbonyl (C=O) groups is 2. The zero-order valence-electron chi connectivity index (χ0n) is 12.1. The molecule has 3 nitrogen and oxygen atoms in total. The van der Waals surface area contributed by atoms with Crippen LogP contribution < -0.4 is 0 Å².